The summed E-state index contributed by atoms with van der Waals surface area (Å²) < 4.78 is 0. The summed E-state index contributed by atoms with van der Waals surface area (Å²) in [4.78, 5) is 16.3. The van der Waals surface area contributed by atoms with Crippen LogP contribution in [0.3, 0.4) is 0 Å². The fourth-order valence-electron chi connectivity index (χ4n) is 2.41. The summed E-state index contributed by atoms with van der Waals surface area (Å²) in [7, 11) is 0. The van der Waals surface area contributed by atoms with Gasteiger partial charge in [0.05, 0.1) is 23.0 Å². The van der Waals surface area contributed by atoms with Crippen LogP contribution in [0, 0.1) is 11.3 Å². The molecule has 1 aromatic carbocycles. The third-order valence-corrected chi connectivity index (χ3v) is 3.38. The van der Waals surface area contributed by atoms with Gasteiger partial charge in [0, 0.05) is 17.5 Å². The van der Waals surface area contributed by atoms with Gasteiger partial charge in [-0.1, -0.05) is 12.1 Å². The zero-order chi connectivity index (χ0) is 13.2. The Morgan fingerprint density at radius 2 is 2.05 bits per heavy atom. The van der Waals surface area contributed by atoms with Crippen LogP contribution in [-0.2, 0) is 6.42 Å². The summed E-state index contributed by atoms with van der Waals surface area (Å²) in [5.74, 6) is 0.186. The zero-order valence-corrected chi connectivity index (χ0v) is 10.4. The number of carbonyl (C=O) groups excluding carboxylic acids is 1. The molecule has 92 valence electrons. The van der Waals surface area contributed by atoms with E-state index in [0.29, 0.717) is 12.0 Å². The number of Topliss-reactive ketones (excluding diaryl/α,β-unsaturated/α-hetero) is 1. The van der Waals surface area contributed by atoms with Crippen LogP contribution in [0.2, 0.25) is 0 Å². The van der Waals surface area contributed by atoms with Crippen molar-refractivity contribution >= 4 is 5.78 Å². The van der Waals surface area contributed by atoms with Crippen LogP contribution in [0.25, 0.3) is 11.3 Å². The summed E-state index contributed by atoms with van der Waals surface area (Å²) in [5, 5.41) is 8.92. The Morgan fingerprint density at radius 1 is 1.16 bits per heavy atom. The Labute approximate surface area is 111 Å². The molecular formula is C16H12N2O. The Morgan fingerprint density at radius 3 is 2.89 bits per heavy atom. The zero-order valence-electron chi connectivity index (χ0n) is 10.4. The normalized spacial score (nSPS) is 13.7. The second-order valence-corrected chi connectivity index (χ2v) is 4.66. The van der Waals surface area contributed by atoms with Crippen LogP contribution in [0.15, 0.2) is 36.4 Å². The van der Waals surface area contributed by atoms with Crippen molar-refractivity contribution < 1.29 is 4.79 Å². The first-order chi connectivity index (χ1) is 9.28. The number of hydrogen-bond donors (Lipinski definition) is 0. The summed E-state index contributed by atoms with van der Waals surface area (Å²) in [5.41, 5.74) is 4.00. The van der Waals surface area contributed by atoms with E-state index in [-0.39, 0.29) is 5.78 Å². The van der Waals surface area contributed by atoms with Gasteiger partial charge in [-0.05, 0) is 37.1 Å². The van der Waals surface area contributed by atoms with E-state index in [1.54, 1.807) is 6.07 Å². The van der Waals surface area contributed by atoms with Crippen LogP contribution >= 0.6 is 0 Å². The van der Waals surface area contributed by atoms with Gasteiger partial charge in [-0.3, -0.25) is 9.78 Å². The highest BCUT2D eigenvalue weighted by atomic mass is 16.1. The second-order valence-electron chi connectivity index (χ2n) is 4.66. The van der Waals surface area contributed by atoms with Crippen molar-refractivity contribution in [3.63, 3.8) is 0 Å². The van der Waals surface area contributed by atoms with Crippen LogP contribution in [0.5, 0.6) is 0 Å². The fourth-order valence-corrected chi connectivity index (χ4v) is 2.41. The first kappa shape index (κ1) is 11.6. The van der Waals surface area contributed by atoms with Gasteiger partial charge in [0.2, 0.25) is 0 Å². The van der Waals surface area contributed by atoms with E-state index in [9.17, 15) is 4.79 Å². The molecule has 0 aliphatic heterocycles. The molecule has 0 atom stereocenters. The van der Waals surface area contributed by atoms with Gasteiger partial charge in [0.15, 0.2) is 5.78 Å². The Balaban J connectivity index is 2.07. The number of aryl methyl sites for hydroxylation is 1. The van der Waals surface area contributed by atoms with Crippen molar-refractivity contribution in [2.45, 2.75) is 19.3 Å². The maximum absolute atomic E-state index is 11.8. The number of carbonyl (C=O) groups is 1. The van der Waals surface area contributed by atoms with Crippen LogP contribution in [-0.4, -0.2) is 10.8 Å². The van der Waals surface area contributed by atoms with Crippen LogP contribution in [0.4, 0.5) is 0 Å². The quantitative estimate of drug-likeness (QED) is 0.779. The van der Waals surface area contributed by atoms with Gasteiger partial charge in [0.1, 0.15) is 0 Å². The predicted octanol–water partition coefficient (Wildman–Crippen LogP) is 3.14. The lowest BCUT2D eigenvalue weighted by Crippen LogP contribution is -2.12. The van der Waals surface area contributed by atoms with Gasteiger partial charge in [-0.2, -0.15) is 5.26 Å². The van der Waals surface area contributed by atoms with Crippen molar-refractivity contribution in [3.05, 3.63) is 53.2 Å². The molecule has 0 saturated heterocycles. The molecule has 1 heterocycles. The van der Waals surface area contributed by atoms with Crippen molar-refractivity contribution in [1.82, 2.24) is 4.98 Å². The molecule has 0 N–H and O–H groups in total. The first-order valence-corrected chi connectivity index (χ1v) is 6.31. The number of ketones is 1. The fraction of sp³-hybridized carbons (Fsp3) is 0.188. The average molecular weight is 248 g/mol. The molecule has 0 amide bonds. The molecule has 2 aromatic rings. The minimum Gasteiger partial charge on any atom is -0.294 e. The molecule has 1 aromatic heterocycles. The molecular weight excluding hydrogens is 236 g/mol. The molecule has 0 unspecified atom stereocenters. The van der Waals surface area contributed by atoms with Crippen LogP contribution in [0.1, 0.15) is 34.5 Å². The highest BCUT2D eigenvalue weighted by molar-refractivity contribution is 5.98. The minimum absolute atomic E-state index is 0.186. The lowest BCUT2D eigenvalue weighted by molar-refractivity contribution is 0.0971. The number of nitrogens with zero attached hydrogens (tertiary/aromatic N) is 2. The van der Waals surface area contributed by atoms with E-state index in [1.807, 2.05) is 30.3 Å². The third-order valence-electron chi connectivity index (χ3n) is 3.38. The standard InChI is InChI=1S/C16H12N2O/c17-10-11-3-1-4-12(9-11)14-8-7-13-15(18-14)5-2-6-16(13)19/h1,3-4,7-9H,2,5-6H2. The van der Waals surface area contributed by atoms with E-state index >= 15 is 0 Å². The molecule has 3 nitrogen and oxygen atoms in total. The maximum Gasteiger partial charge on any atom is 0.164 e. The summed E-state index contributed by atoms with van der Waals surface area (Å²) >= 11 is 0. The van der Waals surface area contributed by atoms with Gasteiger partial charge in [0.25, 0.3) is 0 Å². The molecule has 0 spiro atoms. The van der Waals surface area contributed by atoms with Gasteiger partial charge >= 0.3 is 0 Å². The number of nitriles is 1. The molecule has 1 aliphatic rings. The minimum atomic E-state index is 0.186. The predicted molar refractivity (Wildman–Crippen MR) is 71.7 cm³/mol. The number of rotatable bonds is 1. The first-order valence-electron chi connectivity index (χ1n) is 6.31. The monoisotopic (exact) mass is 248 g/mol. The number of aromatic nitrogens is 1. The Kier molecular flexibility index (Phi) is 2.85. The van der Waals surface area contributed by atoms with E-state index < -0.39 is 0 Å². The van der Waals surface area contributed by atoms with E-state index in [2.05, 4.69) is 11.1 Å². The second kappa shape index (κ2) is 4.66. The lowest BCUT2D eigenvalue weighted by atomic mass is 9.94. The summed E-state index contributed by atoms with van der Waals surface area (Å²) in [6, 6.07) is 13.2. The largest absolute Gasteiger partial charge is 0.294 e. The topological polar surface area (TPSA) is 53.8 Å². The summed E-state index contributed by atoms with van der Waals surface area (Å²) in [6.07, 6.45) is 2.35. The number of pyridine rings is 1. The van der Waals surface area contributed by atoms with Crippen molar-refractivity contribution in [2.24, 2.45) is 0 Å². The molecule has 0 bridgehead atoms. The number of hydrogen-bond acceptors (Lipinski definition) is 3. The van der Waals surface area contributed by atoms with Gasteiger partial charge in [-0.25, -0.2) is 0 Å². The average Bonchev–Trinajstić information content (AvgIpc) is 2.47. The molecule has 3 rings (SSSR count). The smallest absolute Gasteiger partial charge is 0.164 e. The highest BCUT2D eigenvalue weighted by Gasteiger charge is 2.18. The summed E-state index contributed by atoms with van der Waals surface area (Å²) in [6.45, 7) is 0. The molecule has 0 fully saturated rings. The number of benzene rings is 1. The van der Waals surface area contributed by atoms with Gasteiger partial charge < -0.3 is 0 Å². The highest BCUT2D eigenvalue weighted by Crippen LogP contribution is 2.24. The van der Waals surface area contributed by atoms with Gasteiger partial charge in [-0.15, -0.1) is 0 Å². The van der Waals surface area contributed by atoms with Crippen molar-refractivity contribution in [1.29, 1.82) is 5.26 Å². The lowest BCUT2D eigenvalue weighted by Gasteiger charge is -2.14. The van der Waals surface area contributed by atoms with E-state index in [0.717, 1.165) is 35.4 Å². The van der Waals surface area contributed by atoms with Crippen molar-refractivity contribution in [3.8, 4) is 17.3 Å². The Hall–Kier alpha value is -2.47. The molecule has 1 aliphatic carbocycles. The third kappa shape index (κ3) is 2.13. The maximum atomic E-state index is 11.8. The SMILES string of the molecule is N#Cc1cccc(-c2ccc3c(n2)CCCC3=O)c1. The molecule has 3 heteroatoms. The van der Waals surface area contributed by atoms with E-state index in [4.69, 9.17) is 5.26 Å². The molecule has 0 radical (unpaired) electrons. The number of fused-ring (bicyclic) bond motifs is 1. The van der Waals surface area contributed by atoms with Crippen LogP contribution < -0.4 is 0 Å². The molecule has 0 saturated carbocycles. The molecule has 19 heavy (non-hydrogen) atoms. The van der Waals surface area contributed by atoms with E-state index in [1.165, 1.54) is 0 Å². The Bertz CT molecular complexity index is 698. The van der Waals surface area contributed by atoms with Crippen molar-refractivity contribution in [2.75, 3.05) is 0 Å².